The van der Waals surface area contributed by atoms with Crippen LogP contribution in [0.3, 0.4) is 0 Å². The van der Waals surface area contributed by atoms with E-state index in [1.807, 2.05) is 6.92 Å². The molecule has 0 aliphatic rings. The molecule has 0 saturated carbocycles. The van der Waals surface area contributed by atoms with Gasteiger partial charge in [-0.3, -0.25) is 25.8 Å². The Morgan fingerprint density at radius 2 is 1.76 bits per heavy atom. The lowest BCUT2D eigenvalue weighted by Crippen LogP contribution is -2.49. The first-order chi connectivity index (χ1) is 13.9. The monoisotopic (exact) mass is 543 g/mol. The van der Waals surface area contributed by atoms with E-state index in [-0.39, 0.29) is 11.7 Å². The number of carbonyl (C=O) groups excluding carboxylic acids is 2. The van der Waals surface area contributed by atoms with Crippen LogP contribution in [-0.2, 0) is 4.79 Å². The summed E-state index contributed by atoms with van der Waals surface area (Å²) in [5.74, 6) is 0.335. The zero-order valence-electron chi connectivity index (χ0n) is 15.5. The third kappa shape index (κ3) is 8.00. The van der Waals surface area contributed by atoms with E-state index in [0.29, 0.717) is 28.1 Å². The third-order valence-corrected chi connectivity index (χ3v) is 4.70. The van der Waals surface area contributed by atoms with Crippen LogP contribution in [0, 0.1) is 0 Å². The van der Waals surface area contributed by atoms with Crippen molar-refractivity contribution in [3.63, 3.8) is 0 Å². The first-order valence-corrected chi connectivity index (χ1v) is 10.6. The molecule has 7 nitrogen and oxygen atoms in total. The minimum atomic E-state index is -0.464. The van der Waals surface area contributed by atoms with E-state index in [4.69, 9.17) is 21.7 Å². The molecule has 0 saturated heterocycles. The average molecular weight is 545 g/mol. The summed E-state index contributed by atoms with van der Waals surface area (Å²) in [7, 11) is 0. The van der Waals surface area contributed by atoms with Crippen molar-refractivity contribution in [2.45, 2.75) is 13.3 Å². The van der Waals surface area contributed by atoms with Crippen molar-refractivity contribution in [1.29, 1.82) is 0 Å². The maximum Gasteiger partial charge on any atom is 0.276 e. The highest BCUT2D eigenvalue weighted by molar-refractivity contribution is 9.11. The molecule has 154 valence electrons. The Balaban J connectivity index is 1.74. The highest BCUT2D eigenvalue weighted by Crippen LogP contribution is 2.28. The fourth-order valence-corrected chi connectivity index (χ4v) is 3.33. The van der Waals surface area contributed by atoms with Gasteiger partial charge in [-0.2, -0.15) is 0 Å². The Bertz CT molecular complexity index is 878. The normalized spacial score (nSPS) is 10.0. The first-order valence-electron chi connectivity index (χ1n) is 8.60. The average Bonchev–Trinajstić information content (AvgIpc) is 2.70. The molecule has 2 aromatic carbocycles. The van der Waals surface area contributed by atoms with Crippen molar-refractivity contribution in [1.82, 2.24) is 16.2 Å². The van der Waals surface area contributed by atoms with E-state index < -0.39 is 11.8 Å². The summed E-state index contributed by atoms with van der Waals surface area (Å²) < 4.78 is 12.5. The van der Waals surface area contributed by atoms with E-state index in [1.54, 1.807) is 42.5 Å². The van der Waals surface area contributed by atoms with Crippen molar-refractivity contribution in [2.75, 3.05) is 13.2 Å². The minimum absolute atomic E-state index is 0.0421. The van der Waals surface area contributed by atoms with E-state index >= 15 is 0 Å². The molecular formula is C19H19Br2N3O4S. The molecular weight excluding hydrogens is 526 g/mol. The molecule has 29 heavy (non-hydrogen) atoms. The number of ether oxygens (including phenoxy) is 2. The SMILES string of the molecule is CCCOc1ccc(C(=O)NC(=S)NNC(=O)COc2ccc(Br)cc2Br)cc1. The van der Waals surface area contributed by atoms with Crippen LogP contribution in [0.2, 0.25) is 0 Å². The highest BCUT2D eigenvalue weighted by Gasteiger charge is 2.10. The molecule has 0 spiro atoms. The number of hydrazine groups is 1. The summed E-state index contributed by atoms with van der Waals surface area (Å²) >= 11 is 11.7. The molecule has 2 amide bonds. The quantitative estimate of drug-likeness (QED) is 0.364. The molecule has 0 aromatic heterocycles. The second-order valence-electron chi connectivity index (χ2n) is 5.69. The molecule has 2 aromatic rings. The maximum atomic E-state index is 12.2. The summed E-state index contributed by atoms with van der Waals surface area (Å²) in [5, 5.41) is 2.43. The number of carbonyl (C=O) groups is 2. The van der Waals surface area contributed by atoms with Crippen molar-refractivity contribution < 1.29 is 19.1 Å². The lowest BCUT2D eigenvalue weighted by Gasteiger charge is -2.12. The number of benzene rings is 2. The predicted molar refractivity (Wildman–Crippen MR) is 121 cm³/mol. The van der Waals surface area contributed by atoms with Crippen LogP contribution in [0.1, 0.15) is 23.7 Å². The summed E-state index contributed by atoms with van der Waals surface area (Å²) in [6.45, 7) is 2.39. The van der Waals surface area contributed by atoms with Crippen molar-refractivity contribution >= 4 is 61.0 Å². The van der Waals surface area contributed by atoms with Crippen LogP contribution in [0.5, 0.6) is 11.5 Å². The molecule has 0 aliphatic heterocycles. The van der Waals surface area contributed by atoms with Crippen LogP contribution in [-0.4, -0.2) is 30.1 Å². The Labute approximate surface area is 190 Å². The van der Waals surface area contributed by atoms with Crippen LogP contribution >= 0.6 is 44.1 Å². The number of rotatable bonds is 7. The second-order valence-corrected chi connectivity index (χ2v) is 7.87. The van der Waals surface area contributed by atoms with Gasteiger partial charge in [0.05, 0.1) is 11.1 Å². The zero-order chi connectivity index (χ0) is 21.2. The Morgan fingerprint density at radius 1 is 1.03 bits per heavy atom. The van der Waals surface area contributed by atoms with Gasteiger partial charge in [0.1, 0.15) is 11.5 Å². The lowest BCUT2D eigenvalue weighted by molar-refractivity contribution is -0.123. The van der Waals surface area contributed by atoms with E-state index in [1.165, 1.54) is 0 Å². The number of amides is 2. The molecule has 2 rings (SSSR count). The van der Waals surface area contributed by atoms with Crippen LogP contribution in [0.25, 0.3) is 0 Å². The minimum Gasteiger partial charge on any atom is -0.494 e. The van der Waals surface area contributed by atoms with Gasteiger partial charge in [0.25, 0.3) is 11.8 Å². The van der Waals surface area contributed by atoms with Gasteiger partial charge in [-0.25, -0.2) is 0 Å². The number of thiocarbonyl (C=S) groups is 1. The van der Waals surface area contributed by atoms with Crippen LogP contribution in [0.4, 0.5) is 0 Å². The standard InChI is InChI=1S/C19H19Br2N3O4S/c1-2-9-27-14-6-3-12(4-7-14)18(26)22-19(29)24-23-17(25)11-28-16-8-5-13(20)10-15(16)21/h3-8,10H,2,9,11H2,1H3,(H,23,25)(H2,22,24,26,29). The molecule has 0 bridgehead atoms. The van der Waals surface area contributed by atoms with Gasteiger partial charge in [-0.15, -0.1) is 0 Å². The second kappa shape index (κ2) is 11.7. The van der Waals surface area contributed by atoms with Gasteiger partial charge in [0, 0.05) is 10.0 Å². The van der Waals surface area contributed by atoms with Gasteiger partial charge >= 0.3 is 0 Å². The maximum absolute atomic E-state index is 12.2. The van der Waals surface area contributed by atoms with Gasteiger partial charge in [0.2, 0.25) is 0 Å². The van der Waals surface area contributed by atoms with E-state index in [2.05, 4.69) is 48.0 Å². The number of halogens is 2. The smallest absolute Gasteiger partial charge is 0.276 e. The van der Waals surface area contributed by atoms with Crippen molar-refractivity contribution in [3.05, 3.63) is 57.0 Å². The first kappa shape index (κ1) is 23.1. The molecule has 0 fully saturated rings. The van der Waals surface area contributed by atoms with E-state index in [9.17, 15) is 9.59 Å². The zero-order valence-corrected chi connectivity index (χ0v) is 19.4. The molecule has 0 heterocycles. The van der Waals surface area contributed by atoms with Gasteiger partial charge < -0.3 is 9.47 Å². The fraction of sp³-hybridized carbons (Fsp3) is 0.211. The summed E-state index contributed by atoms with van der Waals surface area (Å²) in [5.41, 5.74) is 5.23. The largest absolute Gasteiger partial charge is 0.494 e. The van der Waals surface area contributed by atoms with Gasteiger partial charge in [0.15, 0.2) is 11.7 Å². The molecule has 3 N–H and O–H groups in total. The summed E-state index contributed by atoms with van der Waals surface area (Å²) in [4.78, 5) is 24.0. The summed E-state index contributed by atoms with van der Waals surface area (Å²) in [6, 6.07) is 12.0. The topological polar surface area (TPSA) is 88.7 Å². The molecule has 10 heteroatoms. The van der Waals surface area contributed by atoms with Gasteiger partial charge in [-0.05, 0) is 77.0 Å². The number of nitrogens with one attached hydrogen (secondary N) is 3. The molecule has 0 aliphatic carbocycles. The van der Waals surface area contributed by atoms with Crippen LogP contribution < -0.4 is 25.6 Å². The van der Waals surface area contributed by atoms with E-state index in [0.717, 1.165) is 10.9 Å². The van der Waals surface area contributed by atoms with Crippen molar-refractivity contribution in [2.24, 2.45) is 0 Å². The highest BCUT2D eigenvalue weighted by atomic mass is 79.9. The molecule has 0 radical (unpaired) electrons. The number of hydrogen-bond donors (Lipinski definition) is 3. The van der Waals surface area contributed by atoms with Gasteiger partial charge in [-0.1, -0.05) is 22.9 Å². The Kier molecular flexibility index (Phi) is 9.36. The van der Waals surface area contributed by atoms with Crippen LogP contribution in [0.15, 0.2) is 51.4 Å². The lowest BCUT2D eigenvalue weighted by atomic mass is 10.2. The number of hydrogen-bond acceptors (Lipinski definition) is 5. The Morgan fingerprint density at radius 3 is 2.41 bits per heavy atom. The molecule has 0 atom stereocenters. The fourth-order valence-electron chi connectivity index (χ4n) is 2.03. The van der Waals surface area contributed by atoms with Crippen molar-refractivity contribution in [3.8, 4) is 11.5 Å². The predicted octanol–water partition coefficient (Wildman–Crippen LogP) is 3.71. The summed E-state index contributed by atoms with van der Waals surface area (Å²) in [6.07, 6.45) is 0.902. The third-order valence-electron chi connectivity index (χ3n) is 3.38. The molecule has 0 unspecified atom stereocenters. The Hall–Kier alpha value is -2.17.